The lowest BCUT2D eigenvalue weighted by Gasteiger charge is -2.16. The van der Waals surface area contributed by atoms with Crippen molar-refractivity contribution in [3.63, 3.8) is 0 Å². The average molecular weight is 429 g/mol. The van der Waals surface area contributed by atoms with Crippen molar-refractivity contribution in [2.24, 2.45) is 0 Å². The van der Waals surface area contributed by atoms with Crippen LogP contribution in [0.5, 0.6) is 0 Å². The second-order valence-electron chi connectivity index (χ2n) is 7.08. The summed E-state index contributed by atoms with van der Waals surface area (Å²) >= 11 is 1.46. The van der Waals surface area contributed by atoms with E-state index in [2.05, 4.69) is 9.97 Å². The molecule has 0 saturated carbocycles. The Bertz CT molecular complexity index is 1210. The molecule has 4 nitrogen and oxygen atoms in total. The number of thiophene rings is 1. The third-order valence-electron chi connectivity index (χ3n) is 4.66. The molecule has 154 valence electrons. The molecule has 30 heavy (non-hydrogen) atoms. The van der Waals surface area contributed by atoms with Gasteiger partial charge in [-0.3, -0.25) is 9.69 Å². The molecule has 2 aromatic carbocycles. The van der Waals surface area contributed by atoms with Crippen molar-refractivity contribution in [2.75, 3.05) is 7.05 Å². The van der Waals surface area contributed by atoms with Gasteiger partial charge in [-0.1, -0.05) is 42.5 Å². The highest BCUT2D eigenvalue weighted by atomic mass is 32.1. The standard InChI is InChI=1S/C22H18F3N3OS/c1-28(12-14-7-9-16(10-8-14)22(23,24)25)13-19-26-20(29)17-11-18(30-21(17)27-19)15-5-3-2-4-6-15/h2-11H,12-13H2,1H3,(H,26,27,29). The van der Waals surface area contributed by atoms with Gasteiger partial charge >= 0.3 is 6.18 Å². The average Bonchev–Trinajstić information content (AvgIpc) is 3.13. The first-order valence-corrected chi connectivity index (χ1v) is 10.0. The molecule has 0 amide bonds. The normalized spacial score (nSPS) is 12.0. The van der Waals surface area contributed by atoms with Gasteiger partial charge in [-0.25, -0.2) is 4.98 Å². The van der Waals surface area contributed by atoms with Crippen molar-refractivity contribution in [2.45, 2.75) is 19.3 Å². The minimum atomic E-state index is -4.34. The zero-order chi connectivity index (χ0) is 21.3. The zero-order valence-electron chi connectivity index (χ0n) is 16.0. The molecule has 0 unspecified atom stereocenters. The van der Waals surface area contributed by atoms with Crippen molar-refractivity contribution in [1.29, 1.82) is 0 Å². The summed E-state index contributed by atoms with van der Waals surface area (Å²) < 4.78 is 38.1. The summed E-state index contributed by atoms with van der Waals surface area (Å²) in [5, 5.41) is 0.549. The molecule has 1 N–H and O–H groups in total. The lowest BCUT2D eigenvalue weighted by atomic mass is 10.1. The number of aromatic amines is 1. The number of nitrogens with one attached hydrogen (secondary N) is 1. The molecule has 4 aromatic rings. The van der Waals surface area contributed by atoms with Crippen molar-refractivity contribution < 1.29 is 13.2 Å². The van der Waals surface area contributed by atoms with Crippen molar-refractivity contribution in [3.05, 3.63) is 88.0 Å². The lowest BCUT2D eigenvalue weighted by molar-refractivity contribution is -0.137. The predicted octanol–water partition coefficient (Wildman–Crippen LogP) is 5.30. The molecule has 0 aliphatic carbocycles. The van der Waals surface area contributed by atoms with Gasteiger partial charge in [0.2, 0.25) is 0 Å². The van der Waals surface area contributed by atoms with Crippen LogP contribution in [0.1, 0.15) is 17.0 Å². The smallest absolute Gasteiger partial charge is 0.309 e. The van der Waals surface area contributed by atoms with E-state index in [9.17, 15) is 18.0 Å². The Hall–Kier alpha value is -2.97. The van der Waals surface area contributed by atoms with E-state index in [4.69, 9.17) is 0 Å². The highest BCUT2D eigenvalue weighted by molar-refractivity contribution is 7.21. The minimum absolute atomic E-state index is 0.198. The van der Waals surface area contributed by atoms with Gasteiger partial charge in [0.25, 0.3) is 5.56 Å². The van der Waals surface area contributed by atoms with E-state index in [-0.39, 0.29) is 5.56 Å². The third kappa shape index (κ3) is 4.44. The summed E-state index contributed by atoms with van der Waals surface area (Å²) in [7, 11) is 1.83. The van der Waals surface area contributed by atoms with Gasteiger partial charge in [-0.15, -0.1) is 11.3 Å². The van der Waals surface area contributed by atoms with E-state index in [1.165, 1.54) is 23.5 Å². The number of hydrogen-bond acceptors (Lipinski definition) is 4. The molecule has 4 rings (SSSR count). The Kier molecular flexibility index (Phi) is 5.44. The first-order chi connectivity index (χ1) is 14.3. The first kappa shape index (κ1) is 20.3. The van der Waals surface area contributed by atoms with Crippen LogP contribution < -0.4 is 5.56 Å². The minimum Gasteiger partial charge on any atom is -0.309 e. The third-order valence-corrected chi connectivity index (χ3v) is 5.74. The van der Waals surface area contributed by atoms with Crippen LogP contribution in [0.4, 0.5) is 13.2 Å². The molecule has 2 aromatic heterocycles. The Morgan fingerprint density at radius 2 is 1.73 bits per heavy atom. The number of rotatable bonds is 5. The number of aromatic nitrogens is 2. The van der Waals surface area contributed by atoms with Crippen LogP contribution in [-0.4, -0.2) is 21.9 Å². The van der Waals surface area contributed by atoms with Crippen molar-refractivity contribution >= 4 is 21.6 Å². The lowest BCUT2D eigenvalue weighted by Crippen LogP contribution is -2.21. The summed E-state index contributed by atoms with van der Waals surface area (Å²) in [4.78, 5) is 23.4. The summed E-state index contributed by atoms with van der Waals surface area (Å²) in [6.07, 6.45) is -4.34. The van der Waals surface area contributed by atoms with Crippen LogP contribution in [0.2, 0.25) is 0 Å². The van der Waals surface area contributed by atoms with Gasteiger partial charge in [0, 0.05) is 11.4 Å². The van der Waals surface area contributed by atoms with Crippen LogP contribution >= 0.6 is 11.3 Å². The topological polar surface area (TPSA) is 49.0 Å². The Labute approximate surface area is 174 Å². The Morgan fingerprint density at radius 1 is 1.03 bits per heavy atom. The van der Waals surface area contributed by atoms with E-state index in [1.807, 2.05) is 48.3 Å². The molecular weight excluding hydrogens is 411 g/mol. The monoisotopic (exact) mass is 429 g/mol. The SMILES string of the molecule is CN(Cc1ccc(C(F)(F)F)cc1)Cc1nc2sc(-c3ccccc3)cc2c(=O)[nH]1. The predicted molar refractivity (Wildman–Crippen MR) is 112 cm³/mol. The van der Waals surface area contributed by atoms with Gasteiger partial charge < -0.3 is 4.98 Å². The number of halogens is 3. The first-order valence-electron chi connectivity index (χ1n) is 9.22. The van der Waals surface area contributed by atoms with E-state index in [0.29, 0.717) is 29.1 Å². The Balaban J connectivity index is 1.51. The molecule has 0 radical (unpaired) electrons. The highest BCUT2D eigenvalue weighted by Gasteiger charge is 2.29. The molecule has 0 atom stereocenters. The van der Waals surface area contributed by atoms with E-state index in [0.717, 1.165) is 28.1 Å². The fourth-order valence-corrected chi connectivity index (χ4v) is 4.27. The van der Waals surface area contributed by atoms with Crippen LogP contribution in [0.15, 0.2) is 65.5 Å². The van der Waals surface area contributed by atoms with Crippen molar-refractivity contribution in [3.8, 4) is 10.4 Å². The maximum atomic E-state index is 12.7. The maximum absolute atomic E-state index is 12.7. The number of benzene rings is 2. The van der Waals surface area contributed by atoms with Crippen molar-refractivity contribution in [1.82, 2.24) is 14.9 Å². The molecule has 0 aliphatic heterocycles. The number of H-pyrrole nitrogens is 1. The molecular formula is C22H18F3N3OS. The molecule has 8 heteroatoms. The number of alkyl halides is 3. The fourth-order valence-electron chi connectivity index (χ4n) is 3.22. The summed E-state index contributed by atoms with van der Waals surface area (Å²) in [5.74, 6) is 0.517. The summed E-state index contributed by atoms with van der Waals surface area (Å²) in [6, 6.07) is 16.7. The molecule has 0 spiro atoms. The van der Waals surface area contributed by atoms with Gasteiger partial charge in [-0.05, 0) is 36.4 Å². The highest BCUT2D eigenvalue weighted by Crippen LogP contribution is 2.31. The molecule has 0 fully saturated rings. The number of fused-ring (bicyclic) bond motifs is 1. The summed E-state index contributed by atoms with van der Waals surface area (Å²) in [5.41, 5.74) is 0.908. The molecule has 0 saturated heterocycles. The maximum Gasteiger partial charge on any atom is 0.416 e. The molecule has 0 aliphatic rings. The zero-order valence-corrected chi connectivity index (χ0v) is 16.8. The van der Waals surface area contributed by atoms with E-state index < -0.39 is 11.7 Å². The molecule has 2 heterocycles. The fraction of sp³-hybridized carbons (Fsp3) is 0.182. The van der Waals surface area contributed by atoms with Gasteiger partial charge in [-0.2, -0.15) is 13.2 Å². The quantitative estimate of drug-likeness (QED) is 0.468. The number of nitrogens with zero attached hydrogens (tertiary/aromatic N) is 2. The number of hydrogen-bond donors (Lipinski definition) is 1. The van der Waals surface area contributed by atoms with Crippen LogP contribution in [-0.2, 0) is 19.3 Å². The Morgan fingerprint density at radius 3 is 2.40 bits per heavy atom. The van der Waals surface area contributed by atoms with Gasteiger partial charge in [0.1, 0.15) is 10.7 Å². The second kappa shape index (κ2) is 8.04. The van der Waals surface area contributed by atoms with E-state index in [1.54, 1.807) is 0 Å². The van der Waals surface area contributed by atoms with E-state index >= 15 is 0 Å². The van der Waals surface area contributed by atoms with Gasteiger partial charge in [0.15, 0.2) is 0 Å². The summed E-state index contributed by atoms with van der Waals surface area (Å²) in [6.45, 7) is 0.796. The largest absolute Gasteiger partial charge is 0.416 e. The molecule has 0 bridgehead atoms. The van der Waals surface area contributed by atoms with Crippen LogP contribution in [0.25, 0.3) is 20.7 Å². The van der Waals surface area contributed by atoms with Crippen LogP contribution in [0.3, 0.4) is 0 Å². The van der Waals surface area contributed by atoms with Gasteiger partial charge in [0.05, 0.1) is 17.5 Å². The van der Waals surface area contributed by atoms with Crippen LogP contribution in [0, 0.1) is 0 Å². The second-order valence-corrected chi connectivity index (χ2v) is 8.11.